The maximum atomic E-state index is 12.4. The Balaban J connectivity index is 1.44. The highest BCUT2D eigenvalue weighted by Gasteiger charge is 2.10. The molecule has 29 heavy (non-hydrogen) atoms. The van der Waals surface area contributed by atoms with Crippen LogP contribution in [0.15, 0.2) is 53.5 Å². The zero-order valence-electron chi connectivity index (χ0n) is 16.2. The molecule has 0 saturated carbocycles. The van der Waals surface area contributed by atoms with Crippen molar-refractivity contribution in [1.29, 1.82) is 0 Å². The zero-order valence-corrected chi connectivity index (χ0v) is 17.0. The van der Waals surface area contributed by atoms with Gasteiger partial charge in [-0.1, -0.05) is 42.9 Å². The van der Waals surface area contributed by atoms with E-state index < -0.39 is 0 Å². The van der Waals surface area contributed by atoms with Crippen molar-refractivity contribution in [2.24, 2.45) is 0 Å². The summed E-state index contributed by atoms with van der Waals surface area (Å²) in [5, 5.41) is 8.27. The molecule has 4 rings (SSSR count). The number of carbonyl (C=O) groups is 1. The number of benzene rings is 2. The molecule has 0 atom stereocenters. The van der Waals surface area contributed by atoms with E-state index in [2.05, 4.69) is 34.5 Å². The Morgan fingerprint density at radius 2 is 2.07 bits per heavy atom. The first-order chi connectivity index (χ1) is 14.1. The highest BCUT2D eigenvalue weighted by molar-refractivity contribution is 7.22. The molecule has 0 unspecified atom stereocenters. The van der Waals surface area contributed by atoms with Crippen molar-refractivity contribution in [3.8, 4) is 0 Å². The molecular weight excluding hydrogens is 384 g/mol. The van der Waals surface area contributed by atoms with E-state index in [1.807, 2.05) is 24.3 Å². The molecule has 4 aromatic rings. The minimum Gasteiger partial charge on any atom is -0.302 e. The maximum Gasteiger partial charge on any atom is 0.228 e. The highest BCUT2D eigenvalue weighted by atomic mass is 32.1. The van der Waals surface area contributed by atoms with Gasteiger partial charge >= 0.3 is 0 Å². The van der Waals surface area contributed by atoms with Crippen molar-refractivity contribution in [3.63, 3.8) is 0 Å². The number of thiazole rings is 1. The lowest BCUT2D eigenvalue weighted by molar-refractivity contribution is -0.116. The summed E-state index contributed by atoms with van der Waals surface area (Å²) in [4.78, 5) is 28.9. The van der Waals surface area contributed by atoms with Gasteiger partial charge in [0.25, 0.3) is 0 Å². The lowest BCUT2D eigenvalue weighted by Gasteiger charge is -2.08. The Morgan fingerprint density at radius 3 is 2.93 bits per heavy atom. The third-order valence-corrected chi connectivity index (χ3v) is 5.76. The lowest BCUT2D eigenvalue weighted by Crippen LogP contribution is -2.17. The molecule has 0 fully saturated rings. The average Bonchev–Trinajstić information content (AvgIpc) is 3.13. The van der Waals surface area contributed by atoms with Gasteiger partial charge < -0.3 is 5.32 Å². The first kappa shape index (κ1) is 19.3. The molecule has 7 heteroatoms. The predicted octanol–water partition coefficient (Wildman–Crippen LogP) is 4.38. The molecule has 0 spiro atoms. The van der Waals surface area contributed by atoms with Gasteiger partial charge in [0.1, 0.15) is 0 Å². The molecule has 0 aliphatic heterocycles. The Labute approximate surface area is 172 Å². The second kappa shape index (κ2) is 8.53. The SMILES string of the molecule is CCCCc1ccc2nc(NC(=O)CCn3ncc(=O)c4ccccc43)sc2c1. The number of para-hydroxylation sites is 1. The van der Waals surface area contributed by atoms with Gasteiger partial charge in [0.05, 0.1) is 28.5 Å². The largest absolute Gasteiger partial charge is 0.302 e. The van der Waals surface area contributed by atoms with Crippen LogP contribution in [0.1, 0.15) is 31.7 Å². The molecule has 1 amide bonds. The fourth-order valence-corrected chi connectivity index (χ4v) is 4.23. The Morgan fingerprint density at radius 1 is 1.21 bits per heavy atom. The zero-order chi connectivity index (χ0) is 20.2. The first-order valence-corrected chi connectivity index (χ1v) is 10.6. The van der Waals surface area contributed by atoms with Crippen LogP contribution >= 0.6 is 11.3 Å². The van der Waals surface area contributed by atoms with E-state index in [4.69, 9.17) is 0 Å². The Bertz CT molecular complexity index is 1230. The summed E-state index contributed by atoms with van der Waals surface area (Å²) in [6.07, 6.45) is 4.94. The number of nitrogens with zero attached hydrogens (tertiary/aromatic N) is 3. The van der Waals surface area contributed by atoms with Gasteiger partial charge in [-0.05, 0) is 42.7 Å². The molecule has 0 radical (unpaired) electrons. The predicted molar refractivity (Wildman–Crippen MR) is 117 cm³/mol. The van der Waals surface area contributed by atoms with Crippen LogP contribution in [-0.4, -0.2) is 20.7 Å². The molecule has 0 bridgehead atoms. The minimum absolute atomic E-state index is 0.117. The second-order valence-corrected chi connectivity index (χ2v) is 8.00. The van der Waals surface area contributed by atoms with Crippen LogP contribution in [0.2, 0.25) is 0 Å². The summed E-state index contributed by atoms with van der Waals surface area (Å²) in [6, 6.07) is 13.6. The summed E-state index contributed by atoms with van der Waals surface area (Å²) in [5.41, 5.74) is 2.82. The van der Waals surface area contributed by atoms with Crippen LogP contribution < -0.4 is 10.7 Å². The maximum absolute atomic E-state index is 12.4. The summed E-state index contributed by atoms with van der Waals surface area (Å²) < 4.78 is 2.77. The van der Waals surface area contributed by atoms with Gasteiger partial charge in [-0.25, -0.2) is 4.98 Å². The number of hydrogen-bond donors (Lipinski definition) is 1. The van der Waals surface area contributed by atoms with Crippen LogP contribution in [0.3, 0.4) is 0 Å². The molecule has 1 N–H and O–H groups in total. The van der Waals surface area contributed by atoms with E-state index in [1.54, 1.807) is 10.7 Å². The van der Waals surface area contributed by atoms with Crippen LogP contribution in [0.25, 0.3) is 21.1 Å². The number of hydrogen-bond acceptors (Lipinski definition) is 5. The number of rotatable bonds is 7. The van der Waals surface area contributed by atoms with Gasteiger partial charge in [0.2, 0.25) is 11.3 Å². The molecule has 148 valence electrons. The van der Waals surface area contributed by atoms with Gasteiger partial charge in [-0.15, -0.1) is 0 Å². The Hall–Kier alpha value is -3.06. The van der Waals surface area contributed by atoms with Crippen LogP contribution in [0.5, 0.6) is 0 Å². The monoisotopic (exact) mass is 406 g/mol. The molecule has 2 aromatic carbocycles. The number of aromatic nitrogens is 3. The fraction of sp³-hybridized carbons (Fsp3) is 0.273. The van der Waals surface area contributed by atoms with E-state index >= 15 is 0 Å². The van der Waals surface area contributed by atoms with E-state index in [0.29, 0.717) is 17.1 Å². The van der Waals surface area contributed by atoms with Crippen molar-refractivity contribution in [1.82, 2.24) is 14.8 Å². The fourth-order valence-electron chi connectivity index (χ4n) is 3.29. The summed E-state index contributed by atoms with van der Waals surface area (Å²) >= 11 is 1.49. The minimum atomic E-state index is -0.125. The van der Waals surface area contributed by atoms with Crippen molar-refractivity contribution >= 4 is 43.5 Å². The summed E-state index contributed by atoms with van der Waals surface area (Å²) in [7, 11) is 0. The van der Waals surface area contributed by atoms with Crippen molar-refractivity contribution < 1.29 is 4.79 Å². The topological polar surface area (TPSA) is 76.9 Å². The Kier molecular flexibility index (Phi) is 5.67. The first-order valence-electron chi connectivity index (χ1n) is 9.78. The second-order valence-electron chi connectivity index (χ2n) is 6.97. The van der Waals surface area contributed by atoms with E-state index in [1.165, 1.54) is 35.9 Å². The van der Waals surface area contributed by atoms with Gasteiger partial charge in [-0.2, -0.15) is 5.10 Å². The number of carbonyl (C=O) groups excluding carboxylic acids is 1. The average molecular weight is 407 g/mol. The van der Waals surface area contributed by atoms with Gasteiger partial charge in [0, 0.05) is 11.8 Å². The number of aryl methyl sites for hydroxylation is 2. The number of amides is 1. The molecule has 0 aliphatic rings. The highest BCUT2D eigenvalue weighted by Crippen LogP contribution is 2.27. The number of fused-ring (bicyclic) bond motifs is 2. The van der Waals surface area contributed by atoms with Crippen LogP contribution in [0.4, 0.5) is 5.13 Å². The normalized spacial score (nSPS) is 11.2. The molecule has 6 nitrogen and oxygen atoms in total. The van der Waals surface area contributed by atoms with Crippen LogP contribution in [0, 0.1) is 0 Å². The third kappa shape index (κ3) is 4.35. The van der Waals surface area contributed by atoms with Crippen molar-refractivity contribution in [2.75, 3.05) is 5.32 Å². The number of nitrogens with one attached hydrogen (secondary N) is 1. The van der Waals surface area contributed by atoms with E-state index in [0.717, 1.165) is 22.2 Å². The van der Waals surface area contributed by atoms with Crippen LogP contribution in [-0.2, 0) is 17.8 Å². The molecule has 0 saturated heterocycles. The van der Waals surface area contributed by atoms with Gasteiger partial charge in [0.15, 0.2) is 5.13 Å². The van der Waals surface area contributed by atoms with Gasteiger partial charge in [-0.3, -0.25) is 14.3 Å². The lowest BCUT2D eigenvalue weighted by atomic mass is 10.1. The number of unbranched alkanes of at least 4 members (excludes halogenated alkanes) is 1. The van der Waals surface area contributed by atoms with Crippen molar-refractivity contribution in [3.05, 3.63) is 64.4 Å². The molecule has 0 aliphatic carbocycles. The van der Waals surface area contributed by atoms with E-state index in [9.17, 15) is 9.59 Å². The third-order valence-electron chi connectivity index (χ3n) is 4.83. The number of anilines is 1. The quantitative estimate of drug-likeness (QED) is 0.494. The smallest absolute Gasteiger partial charge is 0.228 e. The van der Waals surface area contributed by atoms with E-state index in [-0.39, 0.29) is 17.8 Å². The summed E-state index contributed by atoms with van der Waals surface area (Å²) in [6.45, 7) is 2.57. The molecule has 2 aromatic heterocycles. The molecule has 2 heterocycles. The summed E-state index contributed by atoms with van der Waals surface area (Å²) in [5.74, 6) is -0.125. The van der Waals surface area contributed by atoms with Crippen molar-refractivity contribution in [2.45, 2.75) is 39.2 Å². The molecular formula is C22H22N4O2S. The standard InChI is InChI=1S/C22H22N4O2S/c1-2-3-6-15-9-10-17-20(13-15)29-22(24-17)25-21(28)11-12-26-18-8-5-4-7-16(18)19(27)14-23-26/h4-5,7-10,13-14H,2-3,6,11-12H2,1H3,(H,24,25,28).